The molecule has 2 rings (SSSR count). The minimum absolute atomic E-state index is 0.00389. The molecule has 1 nitrogen and oxygen atoms in total. The molecule has 2 aromatic rings. The monoisotopic (exact) mass is 279 g/mol. The van der Waals surface area contributed by atoms with E-state index in [4.69, 9.17) is 23.2 Å². The normalized spacial score (nSPS) is 12.1. The van der Waals surface area contributed by atoms with Crippen molar-refractivity contribution in [3.63, 3.8) is 0 Å². The second kappa shape index (κ2) is 4.35. The van der Waals surface area contributed by atoms with Gasteiger partial charge in [-0.3, -0.25) is 0 Å². The second-order valence-electron chi connectivity index (χ2n) is 3.45. The lowest BCUT2D eigenvalue weighted by molar-refractivity contribution is -0.136. The zero-order valence-electron chi connectivity index (χ0n) is 8.35. The van der Waals surface area contributed by atoms with Crippen molar-refractivity contribution in [2.75, 3.05) is 0 Å². The molecule has 0 aliphatic carbocycles. The highest BCUT2D eigenvalue weighted by Crippen LogP contribution is 2.35. The Morgan fingerprint density at radius 1 is 1.24 bits per heavy atom. The molecule has 0 N–H and O–H groups in total. The molecule has 0 atom stereocenters. The lowest BCUT2D eigenvalue weighted by Gasteiger charge is -2.10. The Bertz CT molecular complexity index is 566. The van der Waals surface area contributed by atoms with E-state index in [1.54, 1.807) is 6.07 Å². The highest BCUT2D eigenvalue weighted by atomic mass is 35.5. The van der Waals surface area contributed by atoms with E-state index < -0.39 is 11.7 Å². The van der Waals surface area contributed by atoms with E-state index in [1.807, 2.05) is 0 Å². The fraction of sp³-hybridized carbons (Fsp3) is 0.182. The predicted molar refractivity (Wildman–Crippen MR) is 61.3 cm³/mol. The topological polar surface area (TPSA) is 12.9 Å². The summed E-state index contributed by atoms with van der Waals surface area (Å²) in [7, 11) is 0. The maximum Gasteiger partial charge on any atom is 0.418 e. The maximum atomic E-state index is 12.7. The van der Waals surface area contributed by atoms with Gasteiger partial charge in [0.1, 0.15) is 5.15 Å². The van der Waals surface area contributed by atoms with Gasteiger partial charge in [-0.2, -0.15) is 13.2 Å². The van der Waals surface area contributed by atoms with Crippen LogP contribution in [0, 0.1) is 0 Å². The van der Waals surface area contributed by atoms with Crippen molar-refractivity contribution >= 4 is 34.1 Å². The lowest BCUT2D eigenvalue weighted by atomic mass is 10.1. The molecule has 0 spiro atoms. The Kier molecular flexibility index (Phi) is 3.19. The Balaban J connectivity index is 2.78. The molecule has 0 radical (unpaired) electrons. The van der Waals surface area contributed by atoms with Crippen molar-refractivity contribution in [3.05, 3.63) is 40.5 Å². The van der Waals surface area contributed by atoms with E-state index in [-0.39, 0.29) is 16.5 Å². The summed E-state index contributed by atoms with van der Waals surface area (Å²) in [5.41, 5.74) is -0.433. The summed E-state index contributed by atoms with van der Waals surface area (Å²) in [4.78, 5) is 3.77. The van der Waals surface area contributed by atoms with Gasteiger partial charge in [0.15, 0.2) is 0 Å². The number of halogens is 5. The molecule has 1 heterocycles. The fourth-order valence-corrected chi connectivity index (χ4v) is 2.02. The van der Waals surface area contributed by atoms with Crippen LogP contribution in [0.15, 0.2) is 24.3 Å². The summed E-state index contributed by atoms with van der Waals surface area (Å²) >= 11 is 11.4. The minimum atomic E-state index is -4.45. The molecule has 1 aromatic heterocycles. The molecule has 90 valence electrons. The number of aromatic nitrogens is 1. The predicted octanol–water partition coefficient (Wildman–Crippen LogP) is 4.65. The number of rotatable bonds is 1. The maximum absolute atomic E-state index is 12.7. The Morgan fingerprint density at radius 2 is 1.94 bits per heavy atom. The van der Waals surface area contributed by atoms with Crippen LogP contribution in [0.25, 0.3) is 10.9 Å². The van der Waals surface area contributed by atoms with Crippen molar-refractivity contribution in [1.82, 2.24) is 4.98 Å². The summed E-state index contributed by atoms with van der Waals surface area (Å²) in [6.07, 6.45) is -4.45. The van der Waals surface area contributed by atoms with Crippen molar-refractivity contribution in [2.24, 2.45) is 0 Å². The molecular formula is C11H6Cl2F3N. The fourth-order valence-electron chi connectivity index (χ4n) is 1.54. The van der Waals surface area contributed by atoms with Gasteiger partial charge in [0.2, 0.25) is 0 Å². The number of benzene rings is 1. The van der Waals surface area contributed by atoms with Crippen LogP contribution in [0.3, 0.4) is 0 Å². The minimum Gasteiger partial charge on any atom is -0.235 e. The molecule has 0 fully saturated rings. The summed E-state index contributed by atoms with van der Waals surface area (Å²) < 4.78 is 38.2. The third-order valence-corrected chi connectivity index (χ3v) is 2.94. The first kappa shape index (κ1) is 12.5. The number of alkyl halides is 4. The highest BCUT2D eigenvalue weighted by molar-refractivity contribution is 6.31. The van der Waals surface area contributed by atoms with E-state index in [1.165, 1.54) is 12.1 Å². The van der Waals surface area contributed by atoms with Gasteiger partial charge < -0.3 is 0 Å². The number of pyridine rings is 1. The third kappa shape index (κ3) is 2.33. The van der Waals surface area contributed by atoms with Gasteiger partial charge in [-0.1, -0.05) is 23.7 Å². The average molecular weight is 280 g/mol. The van der Waals surface area contributed by atoms with Crippen LogP contribution in [-0.2, 0) is 12.1 Å². The highest BCUT2D eigenvalue weighted by Gasteiger charge is 2.33. The standard InChI is InChI=1S/C11H6Cl2F3N/c12-5-7-4-6-2-1-3-8(11(14,15)16)9(6)17-10(7)13/h1-4H,5H2. The number of hydrogen-bond donors (Lipinski definition) is 0. The largest absolute Gasteiger partial charge is 0.418 e. The van der Waals surface area contributed by atoms with Crippen LogP contribution >= 0.6 is 23.2 Å². The first-order valence-electron chi connectivity index (χ1n) is 4.65. The molecule has 0 saturated heterocycles. The van der Waals surface area contributed by atoms with Crippen LogP contribution in [0.2, 0.25) is 5.15 Å². The van der Waals surface area contributed by atoms with Gasteiger partial charge in [0.25, 0.3) is 0 Å². The van der Waals surface area contributed by atoms with Gasteiger partial charge in [-0.15, -0.1) is 11.6 Å². The molecule has 0 saturated carbocycles. The average Bonchev–Trinajstić information content (AvgIpc) is 2.26. The van der Waals surface area contributed by atoms with Crippen molar-refractivity contribution in [2.45, 2.75) is 12.1 Å². The lowest BCUT2D eigenvalue weighted by Crippen LogP contribution is -2.06. The summed E-state index contributed by atoms with van der Waals surface area (Å²) in [6, 6.07) is 5.38. The molecular weight excluding hydrogens is 274 g/mol. The van der Waals surface area contributed by atoms with E-state index in [2.05, 4.69) is 4.98 Å². The first-order valence-corrected chi connectivity index (χ1v) is 5.56. The number of fused-ring (bicyclic) bond motifs is 1. The quantitative estimate of drug-likeness (QED) is 0.547. The SMILES string of the molecule is FC(F)(F)c1cccc2cc(CCl)c(Cl)nc12. The first-order chi connectivity index (χ1) is 7.93. The second-order valence-corrected chi connectivity index (χ2v) is 4.07. The van der Waals surface area contributed by atoms with Gasteiger partial charge in [-0.25, -0.2) is 4.98 Å². The molecule has 1 aromatic carbocycles. The summed E-state index contributed by atoms with van der Waals surface area (Å²) in [6.45, 7) is 0. The Labute approximate surface area is 105 Å². The number of nitrogens with zero attached hydrogens (tertiary/aromatic N) is 1. The van der Waals surface area contributed by atoms with Crippen LogP contribution < -0.4 is 0 Å². The molecule has 17 heavy (non-hydrogen) atoms. The van der Waals surface area contributed by atoms with Crippen LogP contribution in [-0.4, -0.2) is 4.98 Å². The zero-order valence-corrected chi connectivity index (χ0v) is 9.87. The molecule has 0 amide bonds. The number of hydrogen-bond acceptors (Lipinski definition) is 1. The van der Waals surface area contributed by atoms with Gasteiger partial charge >= 0.3 is 6.18 Å². The summed E-state index contributed by atoms with van der Waals surface area (Å²) in [5.74, 6) is 0.109. The van der Waals surface area contributed by atoms with Gasteiger partial charge in [-0.05, 0) is 12.1 Å². The van der Waals surface area contributed by atoms with Crippen LogP contribution in [0.4, 0.5) is 13.2 Å². The summed E-state index contributed by atoms with van der Waals surface area (Å²) in [5, 5.41) is 0.379. The van der Waals surface area contributed by atoms with E-state index in [0.717, 1.165) is 6.07 Å². The van der Waals surface area contributed by atoms with Gasteiger partial charge in [0.05, 0.1) is 17.0 Å². The van der Waals surface area contributed by atoms with E-state index in [9.17, 15) is 13.2 Å². The molecule has 0 aliphatic rings. The Morgan fingerprint density at radius 3 is 2.53 bits per heavy atom. The molecule has 0 aliphatic heterocycles. The van der Waals surface area contributed by atoms with Crippen molar-refractivity contribution in [3.8, 4) is 0 Å². The van der Waals surface area contributed by atoms with Crippen LogP contribution in [0.1, 0.15) is 11.1 Å². The Hall–Kier alpha value is -1.00. The van der Waals surface area contributed by atoms with Crippen molar-refractivity contribution in [1.29, 1.82) is 0 Å². The third-order valence-electron chi connectivity index (χ3n) is 2.32. The zero-order chi connectivity index (χ0) is 12.6. The molecule has 6 heteroatoms. The smallest absolute Gasteiger partial charge is 0.235 e. The van der Waals surface area contributed by atoms with Crippen LogP contribution in [0.5, 0.6) is 0 Å². The van der Waals surface area contributed by atoms with E-state index in [0.29, 0.717) is 10.9 Å². The van der Waals surface area contributed by atoms with Gasteiger partial charge in [0, 0.05) is 10.9 Å². The number of para-hydroxylation sites is 1. The molecule has 0 bridgehead atoms. The van der Waals surface area contributed by atoms with Crippen molar-refractivity contribution < 1.29 is 13.2 Å². The van der Waals surface area contributed by atoms with E-state index >= 15 is 0 Å². The molecule has 0 unspecified atom stereocenters.